The first-order valence-electron chi connectivity index (χ1n) is 6.34. The van der Waals surface area contributed by atoms with Gasteiger partial charge in [0.1, 0.15) is 11.9 Å². The van der Waals surface area contributed by atoms with Crippen LogP contribution in [0.15, 0.2) is 12.1 Å². The predicted molar refractivity (Wildman–Crippen MR) is 74.2 cm³/mol. The lowest BCUT2D eigenvalue weighted by Crippen LogP contribution is -1.96. The monoisotopic (exact) mass is 290 g/mol. The molecule has 2 aromatic carbocycles. The minimum absolute atomic E-state index is 0.101. The van der Waals surface area contributed by atoms with Gasteiger partial charge in [0.15, 0.2) is 11.5 Å². The number of phenolic OH excluding ortho intramolecular Hbond substituents is 2. The van der Waals surface area contributed by atoms with Crippen LogP contribution in [0.3, 0.4) is 0 Å². The zero-order valence-corrected chi connectivity index (χ0v) is 11.8. The summed E-state index contributed by atoms with van der Waals surface area (Å²) in [7, 11) is 2.80. The van der Waals surface area contributed by atoms with Crippen LogP contribution >= 0.6 is 0 Å². The van der Waals surface area contributed by atoms with Gasteiger partial charge in [-0.1, -0.05) is 0 Å². The summed E-state index contributed by atoms with van der Waals surface area (Å²) in [6.07, 6.45) is -0.540. The molecule has 110 valence electrons. The van der Waals surface area contributed by atoms with E-state index in [1.165, 1.54) is 20.3 Å². The highest BCUT2D eigenvalue weighted by molar-refractivity contribution is 6.06. The van der Waals surface area contributed by atoms with Crippen LogP contribution in [0.25, 0.3) is 10.8 Å². The summed E-state index contributed by atoms with van der Waals surface area (Å²) in [6, 6.07) is 2.98. The van der Waals surface area contributed by atoms with Gasteiger partial charge in [0.25, 0.3) is 0 Å². The number of hydrogen-bond donors (Lipinski definition) is 2. The average molecular weight is 290 g/mol. The molecule has 2 N–H and O–H groups in total. The summed E-state index contributed by atoms with van der Waals surface area (Å²) in [6.45, 7) is 1.68. The Bertz CT molecular complexity index is 765. The van der Waals surface area contributed by atoms with Crippen molar-refractivity contribution in [1.82, 2.24) is 0 Å². The van der Waals surface area contributed by atoms with E-state index in [9.17, 15) is 15.0 Å². The van der Waals surface area contributed by atoms with Crippen LogP contribution in [-0.2, 0) is 4.74 Å². The van der Waals surface area contributed by atoms with Crippen molar-refractivity contribution in [3.8, 4) is 23.0 Å². The minimum atomic E-state index is -0.540. The van der Waals surface area contributed by atoms with Crippen LogP contribution in [0.4, 0.5) is 0 Å². The molecule has 0 unspecified atom stereocenters. The van der Waals surface area contributed by atoms with E-state index in [4.69, 9.17) is 14.2 Å². The Balaban J connectivity index is 2.48. The van der Waals surface area contributed by atoms with E-state index in [-0.39, 0.29) is 23.0 Å². The third-order valence-corrected chi connectivity index (χ3v) is 3.65. The largest absolute Gasteiger partial charge is 0.507 e. The number of aromatic hydroxyl groups is 2. The molecule has 0 radical (unpaired) electrons. The smallest absolute Gasteiger partial charge is 0.339 e. The van der Waals surface area contributed by atoms with Crippen molar-refractivity contribution in [2.75, 3.05) is 14.2 Å². The molecule has 1 aliphatic rings. The van der Waals surface area contributed by atoms with Crippen molar-refractivity contribution < 1.29 is 29.2 Å². The molecule has 3 rings (SSSR count). The van der Waals surface area contributed by atoms with Gasteiger partial charge in [-0.2, -0.15) is 0 Å². The first kappa shape index (κ1) is 13.4. The molecule has 1 heterocycles. The Labute approximate surface area is 120 Å². The first-order chi connectivity index (χ1) is 9.99. The van der Waals surface area contributed by atoms with Gasteiger partial charge >= 0.3 is 5.97 Å². The zero-order chi connectivity index (χ0) is 15.3. The number of carbonyl (C=O) groups excluding carboxylic acids is 1. The fourth-order valence-corrected chi connectivity index (χ4v) is 2.75. The Morgan fingerprint density at radius 1 is 1.14 bits per heavy atom. The fraction of sp³-hybridized carbons (Fsp3) is 0.267. The summed E-state index contributed by atoms with van der Waals surface area (Å²) in [4.78, 5) is 11.8. The van der Waals surface area contributed by atoms with Crippen LogP contribution in [0, 0.1) is 0 Å². The first-order valence-corrected chi connectivity index (χ1v) is 6.34. The second-order valence-electron chi connectivity index (χ2n) is 4.79. The van der Waals surface area contributed by atoms with Crippen LogP contribution in [0.2, 0.25) is 0 Å². The molecule has 0 aliphatic carbocycles. The van der Waals surface area contributed by atoms with E-state index in [1.807, 2.05) is 0 Å². The number of esters is 1. The number of phenols is 2. The molecular weight excluding hydrogens is 276 g/mol. The molecule has 2 aromatic rings. The van der Waals surface area contributed by atoms with Crippen LogP contribution in [0.5, 0.6) is 23.0 Å². The highest BCUT2D eigenvalue weighted by Crippen LogP contribution is 2.50. The van der Waals surface area contributed by atoms with Gasteiger partial charge in [-0.3, -0.25) is 0 Å². The van der Waals surface area contributed by atoms with Crippen LogP contribution in [0.1, 0.15) is 28.9 Å². The molecule has 0 saturated heterocycles. The van der Waals surface area contributed by atoms with Crippen molar-refractivity contribution in [3.63, 3.8) is 0 Å². The second kappa shape index (κ2) is 4.44. The van der Waals surface area contributed by atoms with Gasteiger partial charge in [-0.05, 0) is 24.4 Å². The highest BCUT2D eigenvalue weighted by atomic mass is 16.5. The van der Waals surface area contributed by atoms with Crippen LogP contribution < -0.4 is 9.47 Å². The minimum Gasteiger partial charge on any atom is -0.507 e. The van der Waals surface area contributed by atoms with Gasteiger partial charge < -0.3 is 24.4 Å². The number of ether oxygens (including phenoxy) is 3. The van der Waals surface area contributed by atoms with Gasteiger partial charge in [0, 0.05) is 5.56 Å². The zero-order valence-electron chi connectivity index (χ0n) is 11.8. The summed E-state index contributed by atoms with van der Waals surface area (Å²) in [5, 5.41) is 21.3. The Hall–Kier alpha value is -2.63. The van der Waals surface area contributed by atoms with E-state index in [1.54, 1.807) is 13.0 Å². The number of carbonyl (C=O) groups is 1. The molecule has 0 amide bonds. The molecule has 0 spiro atoms. The molecule has 0 saturated carbocycles. The summed E-state index contributed by atoms with van der Waals surface area (Å²) >= 11 is 0. The van der Waals surface area contributed by atoms with E-state index in [2.05, 4.69) is 0 Å². The van der Waals surface area contributed by atoms with E-state index >= 15 is 0 Å². The van der Waals surface area contributed by atoms with Crippen molar-refractivity contribution in [3.05, 3.63) is 23.3 Å². The lowest BCUT2D eigenvalue weighted by atomic mass is 9.97. The van der Waals surface area contributed by atoms with Crippen molar-refractivity contribution in [2.45, 2.75) is 13.0 Å². The standard InChI is InChI=1S/C15H14O6/c1-6-10-8(15(18)21-6)4-7-5-9(16)13(19-2)14(20-3)11(7)12(10)17/h4-6,16-17H,1-3H3/t6-/m0/s1. The van der Waals surface area contributed by atoms with E-state index in [0.717, 1.165) is 0 Å². The van der Waals surface area contributed by atoms with Crippen molar-refractivity contribution in [1.29, 1.82) is 0 Å². The number of benzene rings is 2. The molecule has 1 aliphatic heterocycles. The molecule has 1 atom stereocenters. The van der Waals surface area contributed by atoms with E-state index < -0.39 is 12.1 Å². The number of fused-ring (bicyclic) bond motifs is 2. The number of hydrogen-bond acceptors (Lipinski definition) is 6. The maximum absolute atomic E-state index is 11.8. The molecule has 0 aromatic heterocycles. The maximum Gasteiger partial charge on any atom is 0.339 e. The van der Waals surface area contributed by atoms with E-state index in [0.29, 0.717) is 21.9 Å². The number of rotatable bonds is 2. The van der Waals surface area contributed by atoms with Crippen molar-refractivity contribution in [2.24, 2.45) is 0 Å². The number of methoxy groups -OCH3 is 2. The molecule has 6 heteroatoms. The third-order valence-electron chi connectivity index (χ3n) is 3.65. The summed E-state index contributed by atoms with van der Waals surface area (Å²) < 4.78 is 15.5. The molecule has 0 fully saturated rings. The Morgan fingerprint density at radius 2 is 1.81 bits per heavy atom. The Kier molecular flexibility index (Phi) is 2.83. The molecule has 0 bridgehead atoms. The number of cyclic esters (lactones) is 1. The van der Waals surface area contributed by atoms with Gasteiger partial charge in [-0.15, -0.1) is 0 Å². The molecule has 6 nitrogen and oxygen atoms in total. The van der Waals surface area contributed by atoms with Gasteiger partial charge in [0.2, 0.25) is 5.75 Å². The Morgan fingerprint density at radius 3 is 2.43 bits per heavy atom. The average Bonchev–Trinajstić information content (AvgIpc) is 2.72. The lowest BCUT2D eigenvalue weighted by molar-refractivity contribution is 0.0420. The van der Waals surface area contributed by atoms with Gasteiger partial charge in [0.05, 0.1) is 25.2 Å². The molecular formula is C15H14O6. The highest BCUT2D eigenvalue weighted by Gasteiger charge is 2.33. The predicted octanol–water partition coefficient (Wildman–Crippen LogP) is 2.50. The second-order valence-corrected chi connectivity index (χ2v) is 4.79. The topological polar surface area (TPSA) is 85.2 Å². The summed E-state index contributed by atoms with van der Waals surface area (Å²) in [5.41, 5.74) is 0.706. The SMILES string of the molecule is COc1c(O)cc2cc3c(c(O)c2c1OC)[C@H](C)OC3=O. The third kappa shape index (κ3) is 1.68. The van der Waals surface area contributed by atoms with Crippen LogP contribution in [-0.4, -0.2) is 30.4 Å². The summed E-state index contributed by atoms with van der Waals surface area (Å²) in [5.74, 6) is -0.405. The van der Waals surface area contributed by atoms with Gasteiger partial charge in [-0.25, -0.2) is 4.79 Å². The normalized spacial score (nSPS) is 16.7. The maximum atomic E-state index is 11.8. The molecule has 21 heavy (non-hydrogen) atoms. The quantitative estimate of drug-likeness (QED) is 0.827. The lowest BCUT2D eigenvalue weighted by Gasteiger charge is -2.15. The fourth-order valence-electron chi connectivity index (χ4n) is 2.75. The van der Waals surface area contributed by atoms with Crippen molar-refractivity contribution >= 4 is 16.7 Å².